The van der Waals surface area contributed by atoms with Crippen LogP contribution in [0.5, 0.6) is 0 Å². The summed E-state index contributed by atoms with van der Waals surface area (Å²) in [6.45, 7) is 6.35. The standard InChI is InChI=1S/C9H21NO2/c1-4-9(12)6-10-7(2)5-8(3)11/h7-12H,4-6H2,1-3H3. The fourth-order valence-corrected chi connectivity index (χ4v) is 1.08. The first-order valence-electron chi connectivity index (χ1n) is 4.65. The van der Waals surface area contributed by atoms with Gasteiger partial charge in [-0.3, -0.25) is 0 Å². The van der Waals surface area contributed by atoms with Gasteiger partial charge in [0.25, 0.3) is 0 Å². The van der Waals surface area contributed by atoms with E-state index in [4.69, 9.17) is 5.11 Å². The number of rotatable bonds is 6. The molecule has 0 fully saturated rings. The van der Waals surface area contributed by atoms with E-state index >= 15 is 0 Å². The van der Waals surface area contributed by atoms with Crippen molar-refractivity contribution >= 4 is 0 Å². The molecule has 0 bridgehead atoms. The zero-order valence-electron chi connectivity index (χ0n) is 8.25. The first-order valence-corrected chi connectivity index (χ1v) is 4.65. The molecule has 0 aromatic heterocycles. The molecule has 0 aliphatic heterocycles. The molecule has 0 aromatic rings. The van der Waals surface area contributed by atoms with Crippen molar-refractivity contribution in [2.75, 3.05) is 6.54 Å². The van der Waals surface area contributed by atoms with Crippen molar-refractivity contribution in [1.29, 1.82) is 0 Å². The number of aliphatic hydroxyl groups excluding tert-OH is 2. The van der Waals surface area contributed by atoms with Gasteiger partial charge in [-0.25, -0.2) is 0 Å². The van der Waals surface area contributed by atoms with E-state index in [0.717, 1.165) is 12.8 Å². The molecule has 3 atom stereocenters. The van der Waals surface area contributed by atoms with Crippen molar-refractivity contribution in [2.45, 2.75) is 51.9 Å². The lowest BCUT2D eigenvalue weighted by molar-refractivity contribution is 0.146. The van der Waals surface area contributed by atoms with Crippen LogP contribution in [0.25, 0.3) is 0 Å². The predicted octanol–water partition coefficient (Wildman–Crippen LogP) is 0.506. The van der Waals surface area contributed by atoms with Gasteiger partial charge in [-0.05, 0) is 26.7 Å². The summed E-state index contributed by atoms with van der Waals surface area (Å²) in [6, 6.07) is 0.270. The Morgan fingerprint density at radius 2 is 1.83 bits per heavy atom. The Labute approximate surface area is 74.8 Å². The fourth-order valence-electron chi connectivity index (χ4n) is 1.08. The lowest BCUT2D eigenvalue weighted by Gasteiger charge is -2.17. The largest absolute Gasteiger partial charge is 0.393 e. The molecule has 0 saturated carbocycles. The van der Waals surface area contributed by atoms with Crippen molar-refractivity contribution in [2.24, 2.45) is 0 Å². The molecule has 0 heterocycles. The quantitative estimate of drug-likeness (QED) is 0.551. The SMILES string of the molecule is CCC(O)CNC(C)CC(C)O. The van der Waals surface area contributed by atoms with E-state index < -0.39 is 0 Å². The van der Waals surface area contributed by atoms with Crippen molar-refractivity contribution < 1.29 is 10.2 Å². The van der Waals surface area contributed by atoms with E-state index in [1.54, 1.807) is 6.92 Å². The molecule has 3 heteroatoms. The second-order valence-electron chi connectivity index (χ2n) is 3.46. The number of nitrogens with one attached hydrogen (secondary N) is 1. The van der Waals surface area contributed by atoms with E-state index in [9.17, 15) is 5.11 Å². The maximum Gasteiger partial charge on any atom is 0.0662 e. The summed E-state index contributed by atoms with van der Waals surface area (Å²) in [5, 5.41) is 21.4. The highest BCUT2D eigenvalue weighted by molar-refractivity contribution is 4.66. The molecular weight excluding hydrogens is 154 g/mol. The number of hydrogen-bond acceptors (Lipinski definition) is 3. The number of hydrogen-bond donors (Lipinski definition) is 3. The third kappa shape index (κ3) is 6.58. The minimum atomic E-state index is -0.272. The van der Waals surface area contributed by atoms with Gasteiger partial charge in [0.15, 0.2) is 0 Å². The Kier molecular flexibility index (Phi) is 6.34. The Bertz CT molecular complexity index is 107. The molecule has 0 aliphatic rings. The molecule has 0 spiro atoms. The van der Waals surface area contributed by atoms with Crippen LogP contribution in [0, 0.1) is 0 Å². The van der Waals surface area contributed by atoms with Gasteiger partial charge in [-0.1, -0.05) is 6.92 Å². The minimum absolute atomic E-state index is 0.263. The van der Waals surface area contributed by atoms with Crippen LogP contribution in [-0.2, 0) is 0 Å². The van der Waals surface area contributed by atoms with Crippen LogP contribution in [0.1, 0.15) is 33.6 Å². The molecule has 0 saturated heterocycles. The van der Waals surface area contributed by atoms with Gasteiger partial charge in [0, 0.05) is 12.6 Å². The molecule has 74 valence electrons. The zero-order valence-corrected chi connectivity index (χ0v) is 8.25. The summed E-state index contributed by atoms with van der Waals surface area (Å²) in [4.78, 5) is 0. The first kappa shape index (κ1) is 11.9. The monoisotopic (exact) mass is 175 g/mol. The molecule has 0 radical (unpaired) electrons. The first-order chi connectivity index (χ1) is 5.56. The molecule has 0 amide bonds. The van der Waals surface area contributed by atoms with E-state index in [1.165, 1.54) is 0 Å². The summed E-state index contributed by atoms with van der Waals surface area (Å²) in [5.74, 6) is 0. The summed E-state index contributed by atoms with van der Waals surface area (Å²) < 4.78 is 0. The summed E-state index contributed by atoms with van der Waals surface area (Å²) >= 11 is 0. The Morgan fingerprint density at radius 1 is 1.25 bits per heavy atom. The predicted molar refractivity (Wildman–Crippen MR) is 50.1 cm³/mol. The van der Waals surface area contributed by atoms with Crippen LogP contribution in [0.15, 0.2) is 0 Å². The second kappa shape index (κ2) is 6.40. The van der Waals surface area contributed by atoms with Crippen LogP contribution < -0.4 is 5.32 Å². The fraction of sp³-hybridized carbons (Fsp3) is 1.00. The lowest BCUT2D eigenvalue weighted by atomic mass is 10.1. The third-order valence-corrected chi connectivity index (χ3v) is 1.87. The lowest BCUT2D eigenvalue weighted by Crippen LogP contribution is -2.35. The molecule has 3 unspecified atom stereocenters. The highest BCUT2D eigenvalue weighted by Crippen LogP contribution is 1.97. The molecule has 12 heavy (non-hydrogen) atoms. The molecular formula is C9H21NO2. The average Bonchev–Trinajstić information content (AvgIpc) is 1.99. The van der Waals surface area contributed by atoms with Crippen LogP contribution in [0.3, 0.4) is 0 Å². The van der Waals surface area contributed by atoms with Crippen LogP contribution in [0.2, 0.25) is 0 Å². The molecule has 0 aliphatic carbocycles. The Balaban J connectivity index is 3.36. The summed E-state index contributed by atoms with van der Waals surface area (Å²) in [7, 11) is 0. The number of aliphatic hydroxyl groups is 2. The molecule has 3 nitrogen and oxygen atoms in total. The highest BCUT2D eigenvalue weighted by atomic mass is 16.3. The maximum atomic E-state index is 9.22. The van der Waals surface area contributed by atoms with Gasteiger partial charge in [0.2, 0.25) is 0 Å². The van der Waals surface area contributed by atoms with E-state index in [0.29, 0.717) is 6.54 Å². The van der Waals surface area contributed by atoms with Gasteiger partial charge in [0.1, 0.15) is 0 Å². The van der Waals surface area contributed by atoms with Crippen molar-refractivity contribution in [3.63, 3.8) is 0 Å². The average molecular weight is 175 g/mol. The van der Waals surface area contributed by atoms with Gasteiger partial charge >= 0.3 is 0 Å². The van der Waals surface area contributed by atoms with Crippen LogP contribution >= 0.6 is 0 Å². The zero-order chi connectivity index (χ0) is 9.56. The van der Waals surface area contributed by atoms with Gasteiger partial charge < -0.3 is 15.5 Å². The second-order valence-corrected chi connectivity index (χ2v) is 3.46. The summed E-state index contributed by atoms with van der Waals surface area (Å²) in [5.41, 5.74) is 0. The molecule has 0 rings (SSSR count). The summed E-state index contributed by atoms with van der Waals surface area (Å²) in [6.07, 6.45) is 0.970. The Hall–Kier alpha value is -0.120. The van der Waals surface area contributed by atoms with Crippen molar-refractivity contribution in [3.8, 4) is 0 Å². The van der Waals surface area contributed by atoms with Gasteiger partial charge in [-0.2, -0.15) is 0 Å². The highest BCUT2D eigenvalue weighted by Gasteiger charge is 2.07. The van der Waals surface area contributed by atoms with Crippen LogP contribution in [0.4, 0.5) is 0 Å². The van der Waals surface area contributed by atoms with E-state index in [-0.39, 0.29) is 18.2 Å². The van der Waals surface area contributed by atoms with Crippen molar-refractivity contribution in [3.05, 3.63) is 0 Å². The van der Waals surface area contributed by atoms with Crippen molar-refractivity contribution in [1.82, 2.24) is 5.32 Å². The topological polar surface area (TPSA) is 52.5 Å². The van der Waals surface area contributed by atoms with E-state index in [2.05, 4.69) is 5.32 Å². The van der Waals surface area contributed by atoms with E-state index in [1.807, 2.05) is 13.8 Å². The van der Waals surface area contributed by atoms with Gasteiger partial charge in [-0.15, -0.1) is 0 Å². The normalized spacial score (nSPS) is 18.8. The minimum Gasteiger partial charge on any atom is -0.393 e. The third-order valence-electron chi connectivity index (χ3n) is 1.87. The Morgan fingerprint density at radius 3 is 2.25 bits per heavy atom. The molecule has 0 aromatic carbocycles. The smallest absolute Gasteiger partial charge is 0.0662 e. The van der Waals surface area contributed by atoms with Gasteiger partial charge in [0.05, 0.1) is 12.2 Å². The van der Waals surface area contributed by atoms with Crippen LogP contribution in [-0.4, -0.2) is 35.0 Å². The maximum absolute atomic E-state index is 9.22. The molecule has 3 N–H and O–H groups in total.